The molecule has 0 fully saturated rings. The largest absolute Gasteiger partial charge is 0.264 e. The van der Waals surface area contributed by atoms with E-state index < -0.39 is 0 Å². The van der Waals surface area contributed by atoms with E-state index in [9.17, 15) is 0 Å². The van der Waals surface area contributed by atoms with Crippen molar-refractivity contribution in [2.24, 2.45) is 0 Å². The molecule has 4 heteroatoms. The predicted molar refractivity (Wildman–Crippen MR) is 75.5 cm³/mol. The molecular formula is C16H10N4. The summed E-state index contributed by atoms with van der Waals surface area (Å²) in [5.41, 5.74) is 2.49. The Morgan fingerprint density at radius 3 is 2.50 bits per heavy atom. The minimum atomic E-state index is 0.487. The van der Waals surface area contributed by atoms with Gasteiger partial charge in [-0.1, -0.05) is 6.07 Å². The molecule has 0 aliphatic heterocycles. The molecule has 0 bridgehead atoms. The van der Waals surface area contributed by atoms with Crippen LogP contribution in [0, 0.1) is 11.8 Å². The van der Waals surface area contributed by atoms with Crippen molar-refractivity contribution < 1.29 is 0 Å². The lowest BCUT2D eigenvalue weighted by atomic mass is 10.2. The zero-order chi connectivity index (χ0) is 13.6. The second kappa shape index (κ2) is 5.72. The number of hydrogen-bond donors (Lipinski definition) is 0. The number of aromatic nitrogens is 4. The van der Waals surface area contributed by atoms with Gasteiger partial charge in [0.15, 0.2) is 0 Å². The van der Waals surface area contributed by atoms with Gasteiger partial charge >= 0.3 is 0 Å². The average molecular weight is 258 g/mol. The van der Waals surface area contributed by atoms with Crippen LogP contribution in [0.15, 0.2) is 61.2 Å². The third-order valence-corrected chi connectivity index (χ3v) is 2.57. The van der Waals surface area contributed by atoms with E-state index in [0.29, 0.717) is 11.5 Å². The maximum Gasteiger partial charge on any atom is 0.205 e. The van der Waals surface area contributed by atoms with Gasteiger partial charge < -0.3 is 0 Å². The van der Waals surface area contributed by atoms with Gasteiger partial charge in [0.05, 0.1) is 5.69 Å². The minimum absolute atomic E-state index is 0.487. The molecule has 0 aliphatic carbocycles. The Labute approximate surface area is 116 Å². The van der Waals surface area contributed by atoms with E-state index >= 15 is 0 Å². The van der Waals surface area contributed by atoms with Crippen LogP contribution in [0.25, 0.3) is 11.3 Å². The van der Waals surface area contributed by atoms with Crippen molar-refractivity contribution in [3.05, 3.63) is 72.7 Å². The topological polar surface area (TPSA) is 51.6 Å². The molecule has 0 atom stereocenters. The summed E-state index contributed by atoms with van der Waals surface area (Å²) in [6.07, 6.45) is 6.84. The van der Waals surface area contributed by atoms with Gasteiger partial charge in [-0.2, -0.15) is 0 Å². The van der Waals surface area contributed by atoms with E-state index in [0.717, 1.165) is 11.3 Å². The fourth-order valence-corrected chi connectivity index (χ4v) is 1.66. The van der Waals surface area contributed by atoms with Gasteiger partial charge in [-0.3, -0.25) is 4.98 Å². The molecule has 4 nitrogen and oxygen atoms in total. The molecule has 20 heavy (non-hydrogen) atoms. The molecule has 0 saturated heterocycles. The molecule has 3 rings (SSSR count). The lowest BCUT2D eigenvalue weighted by Crippen LogP contribution is -1.89. The molecule has 94 valence electrons. The summed E-state index contributed by atoms with van der Waals surface area (Å²) >= 11 is 0. The zero-order valence-electron chi connectivity index (χ0n) is 10.6. The van der Waals surface area contributed by atoms with Crippen LogP contribution < -0.4 is 0 Å². The maximum atomic E-state index is 4.49. The van der Waals surface area contributed by atoms with Crippen LogP contribution in [0.4, 0.5) is 0 Å². The first-order chi connectivity index (χ1) is 9.92. The Morgan fingerprint density at radius 1 is 0.800 bits per heavy atom. The fraction of sp³-hybridized carbons (Fsp3) is 0. The Bertz CT molecular complexity index is 758. The number of rotatable bonds is 1. The first kappa shape index (κ1) is 12.0. The van der Waals surface area contributed by atoms with E-state index in [1.54, 1.807) is 30.9 Å². The molecular weight excluding hydrogens is 248 g/mol. The lowest BCUT2D eigenvalue weighted by molar-refractivity contribution is 1.13. The third-order valence-electron chi connectivity index (χ3n) is 2.57. The summed E-state index contributed by atoms with van der Waals surface area (Å²) in [7, 11) is 0. The van der Waals surface area contributed by atoms with Gasteiger partial charge in [-0.15, -0.1) is 0 Å². The highest BCUT2D eigenvalue weighted by molar-refractivity contribution is 5.58. The maximum absolute atomic E-state index is 4.49. The van der Waals surface area contributed by atoms with Crippen molar-refractivity contribution >= 4 is 0 Å². The van der Waals surface area contributed by atoms with Crippen molar-refractivity contribution in [3.63, 3.8) is 0 Å². The van der Waals surface area contributed by atoms with Gasteiger partial charge in [0, 0.05) is 30.4 Å². The second-order valence-electron chi connectivity index (χ2n) is 3.97. The molecule has 0 aromatic carbocycles. The summed E-state index contributed by atoms with van der Waals surface area (Å²) in [5, 5.41) is 0. The molecule has 0 amide bonds. The first-order valence-corrected chi connectivity index (χ1v) is 6.08. The molecule has 0 saturated carbocycles. The Morgan fingerprint density at radius 2 is 1.70 bits per heavy atom. The summed E-state index contributed by atoms with van der Waals surface area (Å²) in [6, 6.07) is 11.3. The van der Waals surface area contributed by atoms with E-state index in [1.807, 2.05) is 30.3 Å². The molecule has 0 unspecified atom stereocenters. The molecule has 0 radical (unpaired) electrons. The van der Waals surface area contributed by atoms with Crippen molar-refractivity contribution in [1.82, 2.24) is 19.9 Å². The molecule has 3 aromatic heterocycles. The highest BCUT2D eigenvalue weighted by Crippen LogP contribution is 2.14. The van der Waals surface area contributed by atoms with E-state index in [4.69, 9.17) is 0 Å². The van der Waals surface area contributed by atoms with Crippen molar-refractivity contribution in [3.8, 4) is 23.1 Å². The molecule has 0 aliphatic rings. The first-order valence-electron chi connectivity index (χ1n) is 6.08. The average Bonchev–Trinajstić information content (AvgIpc) is 2.55. The number of pyridine rings is 2. The van der Waals surface area contributed by atoms with Gasteiger partial charge in [0.2, 0.25) is 5.82 Å². The third kappa shape index (κ3) is 2.85. The zero-order valence-corrected chi connectivity index (χ0v) is 10.6. The van der Waals surface area contributed by atoms with Crippen molar-refractivity contribution in [2.45, 2.75) is 0 Å². The summed E-state index contributed by atoms with van der Waals surface area (Å²) in [5.74, 6) is 6.34. The van der Waals surface area contributed by atoms with Gasteiger partial charge in [-0.25, -0.2) is 15.0 Å². The van der Waals surface area contributed by atoms with Crippen LogP contribution in [0.5, 0.6) is 0 Å². The van der Waals surface area contributed by atoms with Gasteiger partial charge in [0.25, 0.3) is 0 Å². The summed E-state index contributed by atoms with van der Waals surface area (Å²) in [6.45, 7) is 0. The Balaban J connectivity index is 1.91. The summed E-state index contributed by atoms with van der Waals surface area (Å²) < 4.78 is 0. The lowest BCUT2D eigenvalue weighted by Gasteiger charge is -1.99. The molecule has 0 N–H and O–H groups in total. The van der Waals surface area contributed by atoms with Gasteiger partial charge in [-0.05, 0) is 42.2 Å². The molecule has 0 spiro atoms. The monoisotopic (exact) mass is 258 g/mol. The quantitative estimate of drug-likeness (QED) is 0.629. The SMILES string of the molecule is C(#Cc1ncccn1)c1cccc(-c2cccnc2)n1. The fourth-order valence-electron chi connectivity index (χ4n) is 1.66. The molecule has 3 aromatic rings. The van der Waals surface area contributed by atoms with E-state index in [-0.39, 0.29) is 0 Å². The van der Waals surface area contributed by atoms with E-state index in [2.05, 4.69) is 31.8 Å². The smallest absolute Gasteiger partial charge is 0.205 e. The predicted octanol–water partition coefficient (Wildman–Crippen LogP) is 2.33. The minimum Gasteiger partial charge on any atom is -0.264 e. The standard InChI is InChI=1S/C16H10N4/c1-5-14(7-8-16-18-10-3-11-19-16)20-15(6-1)13-4-2-9-17-12-13/h1-6,9-12H. The highest BCUT2D eigenvalue weighted by Gasteiger charge is 1.99. The number of hydrogen-bond acceptors (Lipinski definition) is 4. The van der Waals surface area contributed by atoms with Crippen molar-refractivity contribution in [2.75, 3.05) is 0 Å². The van der Waals surface area contributed by atoms with Crippen LogP contribution >= 0.6 is 0 Å². The Kier molecular flexibility index (Phi) is 3.43. The van der Waals surface area contributed by atoms with Crippen LogP contribution in [-0.4, -0.2) is 19.9 Å². The second-order valence-corrected chi connectivity index (χ2v) is 3.97. The highest BCUT2D eigenvalue weighted by atomic mass is 14.8. The summed E-state index contributed by atoms with van der Waals surface area (Å²) in [4.78, 5) is 16.7. The van der Waals surface area contributed by atoms with Crippen LogP contribution in [0.2, 0.25) is 0 Å². The van der Waals surface area contributed by atoms with Gasteiger partial charge in [0.1, 0.15) is 5.69 Å². The van der Waals surface area contributed by atoms with Crippen molar-refractivity contribution in [1.29, 1.82) is 0 Å². The van der Waals surface area contributed by atoms with Crippen LogP contribution in [-0.2, 0) is 0 Å². The van der Waals surface area contributed by atoms with Crippen LogP contribution in [0.1, 0.15) is 11.5 Å². The van der Waals surface area contributed by atoms with Crippen LogP contribution in [0.3, 0.4) is 0 Å². The Hall–Kier alpha value is -3.06. The normalized spacial score (nSPS) is 9.60. The molecule has 3 heterocycles. The number of nitrogens with zero attached hydrogens (tertiary/aromatic N) is 4. The van der Waals surface area contributed by atoms with E-state index in [1.165, 1.54) is 0 Å².